The molecule has 0 radical (unpaired) electrons. The molecule has 1 aliphatic carbocycles. The number of para-hydroxylation sites is 1. The Morgan fingerprint density at radius 1 is 0.760 bits per heavy atom. The van der Waals surface area contributed by atoms with E-state index >= 15 is 0 Å². The summed E-state index contributed by atoms with van der Waals surface area (Å²) in [6, 6.07) is 23.1. The van der Waals surface area contributed by atoms with Crippen LogP contribution in [0, 0.1) is 0 Å². The van der Waals surface area contributed by atoms with Gasteiger partial charge in [-0.25, -0.2) is 4.98 Å². The lowest BCUT2D eigenvalue weighted by Crippen LogP contribution is -1.99. The number of carbonyl (C=O) groups is 1. The molecule has 25 heavy (non-hydrogen) atoms. The van der Waals surface area contributed by atoms with Crippen molar-refractivity contribution in [3.63, 3.8) is 0 Å². The third-order valence-corrected chi connectivity index (χ3v) is 4.89. The number of hydrogen-bond acceptors (Lipinski definition) is 2. The van der Waals surface area contributed by atoms with Gasteiger partial charge in [-0.2, -0.15) is 0 Å². The van der Waals surface area contributed by atoms with Crippen LogP contribution in [0.15, 0.2) is 72.8 Å². The van der Waals surface area contributed by atoms with Crippen LogP contribution in [0.25, 0.3) is 33.3 Å². The average molecular weight is 342 g/mol. The van der Waals surface area contributed by atoms with E-state index in [1.165, 1.54) is 0 Å². The Kier molecular flexibility index (Phi) is 3.03. The van der Waals surface area contributed by atoms with Crippen molar-refractivity contribution in [1.29, 1.82) is 0 Å². The van der Waals surface area contributed by atoms with Gasteiger partial charge in [0.2, 0.25) is 0 Å². The second kappa shape index (κ2) is 5.27. The lowest BCUT2D eigenvalue weighted by molar-refractivity contribution is 0.104. The van der Waals surface area contributed by atoms with Gasteiger partial charge in [-0.05, 0) is 23.8 Å². The zero-order valence-electron chi connectivity index (χ0n) is 13.2. The van der Waals surface area contributed by atoms with Gasteiger partial charge < -0.3 is 0 Å². The molecule has 1 aliphatic rings. The Hall–Kier alpha value is -2.97. The monoisotopic (exact) mass is 341 g/mol. The van der Waals surface area contributed by atoms with Gasteiger partial charge in [-0.15, -0.1) is 0 Å². The van der Waals surface area contributed by atoms with Gasteiger partial charge >= 0.3 is 0 Å². The SMILES string of the molecule is O=C1c2ccccc2-c2c(-c3cccc(Cl)c3)nc3ccccc3c21. The van der Waals surface area contributed by atoms with E-state index in [9.17, 15) is 4.79 Å². The number of hydrogen-bond donors (Lipinski definition) is 0. The average Bonchev–Trinajstić information content (AvgIpc) is 2.95. The third-order valence-electron chi connectivity index (χ3n) is 4.66. The van der Waals surface area contributed by atoms with E-state index in [4.69, 9.17) is 16.6 Å². The topological polar surface area (TPSA) is 30.0 Å². The summed E-state index contributed by atoms with van der Waals surface area (Å²) in [5, 5.41) is 1.54. The zero-order valence-corrected chi connectivity index (χ0v) is 13.9. The highest BCUT2D eigenvalue weighted by Gasteiger charge is 2.31. The van der Waals surface area contributed by atoms with Gasteiger partial charge in [0, 0.05) is 32.7 Å². The zero-order chi connectivity index (χ0) is 17.0. The van der Waals surface area contributed by atoms with Crippen molar-refractivity contribution in [3.05, 3.63) is 88.9 Å². The minimum atomic E-state index is 0.0625. The molecule has 3 aromatic carbocycles. The summed E-state index contributed by atoms with van der Waals surface area (Å²) in [4.78, 5) is 18.0. The fourth-order valence-corrected chi connectivity index (χ4v) is 3.78. The van der Waals surface area contributed by atoms with Gasteiger partial charge in [-0.1, -0.05) is 66.2 Å². The second-order valence-corrected chi connectivity index (χ2v) is 6.55. The Morgan fingerprint density at radius 3 is 2.36 bits per heavy atom. The molecule has 118 valence electrons. The summed E-state index contributed by atoms with van der Waals surface area (Å²) in [5.41, 5.74) is 5.85. The lowest BCUT2D eigenvalue weighted by Gasteiger charge is -2.12. The van der Waals surface area contributed by atoms with E-state index in [1.54, 1.807) is 0 Å². The molecule has 0 bridgehead atoms. The van der Waals surface area contributed by atoms with Crippen LogP contribution in [0.2, 0.25) is 5.02 Å². The van der Waals surface area contributed by atoms with Crippen LogP contribution in [-0.4, -0.2) is 10.8 Å². The van der Waals surface area contributed by atoms with Crippen molar-refractivity contribution in [1.82, 2.24) is 4.98 Å². The van der Waals surface area contributed by atoms with E-state index in [0.717, 1.165) is 44.4 Å². The van der Waals surface area contributed by atoms with Crippen LogP contribution < -0.4 is 0 Å². The normalized spacial score (nSPS) is 12.3. The summed E-state index contributed by atoms with van der Waals surface area (Å²) in [7, 11) is 0. The first-order chi connectivity index (χ1) is 12.2. The van der Waals surface area contributed by atoms with Crippen LogP contribution in [0.1, 0.15) is 15.9 Å². The third kappa shape index (κ3) is 2.04. The lowest BCUT2D eigenvalue weighted by atomic mass is 9.96. The smallest absolute Gasteiger partial charge is 0.195 e. The second-order valence-electron chi connectivity index (χ2n) is 6.11. The largest absolute Gasteiger partial charge is 0.289 e. The Balaban J connectivity index is 1.97. The minimum Gasteiger partial charge on any atom is -0.289 e. The first-order valence-electron chi connectivity index (χ1n) is 8.07. The fraction of sp³-hybridized carbons (Fsp3) is 0. The summed E-state index contributed by atoms with van der Waals surface area (Å²) in [5.74, 6) is 0.0625. The number of halogens is 1. The minimum absolute atomic E-state index is 0.0625. The number of ketones is 1. The van der Waals surface area contributed by atoms with E-state index < -0.39 is 0 Å². The van der Waals surface area contributed by atoms with E-state index in [-0.39, 0.29) is 5.78 Å². The quantitative estimate of drug-likeness (QED) is 0.387. The molecule has 0 spiro atoms. The fourth-order valence-electron chi connectivity index (χ4n) is 3.59. The first kappa shape index (κ1) is 14.4. The molecule has 0 aliphatic heterocycles. The first-order valence-corrected chi connectivity index (χ1v) is 8.44. The molecule has 0 fully saturated rings. The standard InChI is InChI=1S/C22H12ClNO/c23-14-7-5-6-13(12-14)21-19-15-8-1-2-9-16(15)22(25)20(19)17-10-3-4-11-18(17)24-21/h1-12H. The van der Waals surface area contributed by atoms with E-state index in [2.05, 4.69) is 0 Å². The summed E-state index contributed by atoms with van der Waals surface area (Å²) in [6.45, 7) is 0. The molecule has 0 unspecified atom stereocenters. The maximum Gasteiger partial charge on any atom is 0.195 e. The predicted molar refractivity (Wildman–Crippen MR) is 101 cm³/mol. The van der Waals surface area contributed by atoms with Crippen molar-refractivity contribution >= 4 is 28.3 Å². The van der Waals surface area contributed by atoms with Crippen molar-refractivity contribution in [2.24, 2.45) is 0 Å². The van der Waals surface area contributed by atoms with Gasteiger partial charge in [0.1, 0.15) is 0 Å². The summed E-state index contributed by atoms with van der Waals surface area (Å²) >= 11 is 6.20. The number of aromatic nitrogens is 1. The molecule has 4 aromatic rings. The predicted octanol–water partition coefficient (Wildman–Crippen LogP) is 5.77. The molecule has 1 aromatic heterocycles. The van der Waals surface area contributed by atoms with Crippen LogP contribution >= 0.6 is 11.6 Å². The molecular formula is C22H12ClNO. The number of fused-ring (bicyclic) bond motifs is 5. The van der Waals surface area contributed by atoms with Crippen LogP contribution in [0.3, 0.4) is 0 Å². The molecule has 3 heteroatoms. The molecule has 0 saturated carbocycles. The number of nitrogens with zero attached hydrogens (tertiary/aromatic N) is 1. The molecule has 0 atom stereocenters. The Bertz CT molecular complexity index is 1180. The van der Waals surface area contributed by atoms with Gasteiger partial charge in [0.25, 0.3) is 0 Å². The molecule has 0 amide bonds. The van der Waals surface area contributed by atoms with Crippen LogP contribution in [-0.2, 0) is 0 Å². The number of carbonyl (C=O) groups excluding carboxylic acids is 1. The van der Waals surface area contributed by atoms with Crippen LogP contribution in [0.5, 0.6) is 0 Å². The van der Waals surface area contributed by atoms with E-state index in [1.807, 2.05) is 72.8 Å². The van der Waals surface area contributed by atoms with Gasteiger partial charge in [-0.3, -0.25) is 4.79 Å². The molecule has 0 saturated heterocycles. The van der Waals surface area contributed by atoms with Gasteiger partial charge in [0.05, 0.1) is 11.2 Å². The molecule has 0 N–H and O–H groups in total. The molecule has 5 rings (SSSR count). The highest BCUT2D eigenvalue weighted by Crippen LogP contribution is 2.45. The number of pyridine rings is 1. The molecule has 1 heterocycles. The highest BCUT2D eigenvalue weighted by atomic mass is 35.5. The van der Waals surface area contributed by atoms with Crippen molar-refractivity contribution in [3.8, 4) is 22.4 Å². The summed E-state index contributed by atoms with van der Waals surface area (Å²) < 4.78 is 0. The number of rotatable bonds is 1. The Labute approximate surface area is 149 Å². The summed E-state index contributed by atoms with van der Waals surface area (Å²) in [6.07, 6.45) is 0. The highest BCUT2D eigenvalue weighted by molar-refractivity contribution is 6.31. The van der Waals surface area contributed by atoms with Gasteiger partial charge in [0.15, 0.2) is 5.78 Å². The van der Waals surface area contributed by atoms with Crippen LogP contribution in [0.4, 0.5) is 0 Å². The van der Waals surface area contributed by atoms with E-state index in [0.29, 0.717) is 5.02 Å². The maximum atomic E-state index is 13.1. The number of benzene rings is 3. The van der Waals surface area contributed by atoms with Crippen molar-refractivity contribution in [2.75, 3.05) is 0 Å². The molecule has 2 nitrogen and oxygen atoms in total. The molecular weight excluding hydrogens is 330 g/mol. The van der Waals surface area contributed by atoms with Crippen molar-refractivity contribution in [2.45, 2.75) is 0 Å². The maximum absolute atomic E-state index is 13.1. The Morgan fingerprint density at radius 2 is 1.52 bits per heavy atom. The van der Waals surface area contributed by atoms with Crippen molar-refractivity contribution < 1.29 is 4.79 Å².